The van der Waals surface area contributed by atoms with Crippen LogP contribution in [0.1, 0.15) is 60.3 Å². The average Bonchev–Trinajstić information content (AvgIpc) is 2.09. The van der Waals surface area contributed by atoms with Gasteiger partial charge in [-0.05, 0) is 38.5 Å². The van der Waals surface area contributed by atoms with Gasteiger partial charge in [-0.25, -0.2) is 0 Å². The molecule has 0 aromatic carbocycles. The molecule has 0 heterocycles. The van der Waals surface area contributed by atoms with Crippen molar-refractivity contribution in [2.75, 3.05) is 0 Å². The molecule has 0 spiro atoms. The molecule has 0 atom stereocenters. The third kappa shape index (κ3) is 3.51. The Labute approximate surface area is 93.8 Å². The van der Waals surface area contributed by atoms with Gasteiger partial charge in [-0.1, -0.05) is 27.7 Å². The van der Waals surface area contributed by atoms with Crippen LogP contribution in [0.15, 0.2) is 0 Å². The summed E-state index contributed by atoms with van der Waals surface area (Å²) in [5.74, 6) is 1.00. The minimum atomic E-state index is -0.272. The fourth-order valence-electron chi connectivity index (χ4n) is 1.99. The van der Waals surface area contributed by atoms with Crippen molar-refractivity contribution in [1.82, 2.24) is 5.32 Å². The van der Waals surface area contributed by atoms with E-state index in [0.29, 0.717) is 0 Å². The van der Waals surface area contributed by atoms with Gasteiger partial charge in [0.2, 0.25) is 5.91 Å². The lowest BCUT2D eigenvalue weighted by atomic mass is 9.77. The first-order valence-electron chi connectivity index (χ1n) is 6.06. The predicted molar refractivity (Wildman–Crippen MR) is 63.6 cm³/mol. The van der Waals surface area contributed by atoms with Crippen LogP contribution in [-0.2, 0) is 4.79 Å². The topological polar surface area (TPSA) is 29.1 Å². The SMILES string of the molecule is CC1CCC(C)(NC(=O)C(C)(C)C)CC1. The van der Waals surface area contributed by atoms with Gasteiger partial charge < -0.3 is 5.32 Å². The highest BCUT2D eigenvalue weighted by atomic mass is 16.2. The molecule has 0 aromatic rings. The summed E-state index contributed by atoms with van der Waals surface area (Å²) in [6, 6.07) is 0. The molecular formula is C13H25NO. The Bertz CT molecular complexity index is 231. The van der Waals surface area contributed by atoms with E-state index in [9.17, 15) is 4.79 Å². The molecule has 88 valence electrons. The van der Waals surface area contributed by atoms with Crippen LogP contribution < -0.4 is 5.32 Å². The second-order valence-corrected chi connectivity index (χ2v) is 6.45. The zero-order valence-electron chi connectivity index (χ0n) is 10.8. The van der Waals surface area contributed by atoms with Gasteiger partial charge in [0.15, 0.2) is 0 Å². The lowest BCUT2D eigenvalue weighted by Crippen LogP contribution is -2.51. The molecule has 0 unspecified atom stereocenters. The molecule has 1 saturated carbocycles. The van der Waals surface area contributed by atoms with E-state index in [1.165, 1.54) is 12.8 Å². The summed E-state index contributed by atoms with van der Waals surface area (Å²) in [6.07, 6.45) is 4.72. The number of carbonyl (C=O) groups is 1. The lowest BCUT2D eigenvalue weighted by molar-refractivity contribution is -0.130. The smallest absolute Gasteiger partial charge is 0.225 e. The number of hydrogen-bond donors (Lipinski definition) is 1. The van der Waals surface area contributed by atoms with E-state index in [2.05, 4.69) is 19.2 Å². The fraction of sp³-hybridized carbons (Fsp3) is 0.923. The molecule has 0 radical (unpaired) electrons. The number of amides is 1. The molecule has 2 nitrogen and oxygen atoms in total. The quantitative estimate of drug-likeness (QED) is 0.709. The second kappa shape index (κ2) is 4.15. The molecule has 1 N–H and O–H groups in total. The summed E-state index contributed by atoms with van der Waals surface area (Å²) in [5.41, 5.74) is -0.233. The van der Waals surface area contributed by atoms with Gasteiger partial charge in [-0.3, -0.25) is 4.79 Å². The first-order valence-corrected chi connectivity index (χ1v) is 6.06. The van der Waals surface area contributed by atoms with E-state index in [4.69, 9.17) is 0 Å². The molecule has 2 heteroatoms. The van der Waals surface area contributed by atoms with Crippen molar-refractivity contribution in [2.45, 2.75) is 65.8 Å². The van der Waals surface area contributed by atoms with E-state index in [-0.39, 0.29) is 16.9 Å². The first-order chi connectivity index (χ1) is 6.73. The molecule has 0 aromatic heterocycles. The van der Waals surface area contributed by atoms with Gasteiger partial charge in [-0.15, -0.1) is 0 Å². The summed E-state index contributed by atoms with van der Waals surface area (Å²) in [7, 11) is 0. The molecule has 1 rings (SSSR count). The van der Waals surface area contributed by atoms with Crippen LogP contribution in [0.4, 0.5) is 0 Å². The first kappa shape index (κ1) is 12.5. The van der Waals surface area contributed by atoms with Crippen LogP contribution >= 0.6 is 0 Å². The number of carbonyl (C=O) groups excluding carboxylic acids is 1. The standard InChI is InChI=1S/C13H25NO/c1-10-6-8-13(5,9-7-10)14-11(15)12(2,3)4/h10H,6-9H2,1-5H3,(H,14,15). The minimum Gasteiger partial charge on any atom is -0.350 e. The van der Waals surface area contributed by atoms with Crippen LogP contribution in [0.3, 0.4) is 0 Å². The normalized spacial score (nSPS) is 32.5. The van der Waals surface area contributed by atoms with Crippen molar-refractivity contribution < 1.29 is 4.79 Å². The number of nitrogens with one attached hydrogen (secondary N) is 1. The van der Waals surface area contributed by atoms with E-state index in [0.717, 1.165) is 18.8 Å². The molecular weight excluding hydrogens is 186 g/mol. The second-order valence-electron chi connectivity index (χ2n) is 6.45. The minimum absolute atomic E-state index is 0.0386. The van der Waals surface area contributed by atoms with Crippen LogP contribution in [-0.4, -0.2) is 11.4 Å². The van der Waals surface area contributed by atoms with E-state index < -0.39 is 0 Å². The Morgan fingerprint density at radius 3 is 2.13 bits per heavy atom. The van der Waals surface area contributed by atoms with Crippen LogP contribution in [0.5, 0.6) is 0 Å². The lowest BCUT2D eigenvalue weighted by Gasteiger charge is -2.38. The third-order valence-electron chi connectivity index (χ3n) is 3.47. The van der Waals surface area contributed by atoms with Gasteiger partial charge in [0, 0.05) is 11.0 Å². The van der Waals surface area contributed by atoms with E-state index in [1.54, 1.807) is 0 Å². The van der Waals surface area contributed by atoms with Crippen molar-refractivity contribution in [2.24, 2.45) is 11.3 Å². The highest BCUT2D eigenvalue weighted by molar-refractivity contribution is 5.82. The highest BCUT2D eigenvalue weighted by Gasteiger charge is 2.33. The van der Waals surface area contributed by atoms with Crippen molar-refractivity contribution in [3.63, 3.8) is 0 Å². The summed E-state index contributed by atoms with van der Waals surface area (Å²) in [6.45, 7) is 10.4. The molecule has 1 fully saturated rings. The monoisotopic (exact) mass is 211 g/mol. The van der Waals surface area contributed by atoms with Crippen molar-refractivity contribution in [3.8, 4) is 0 Å². The van der Waals surface area contributed by atoms with Crippen LogP contribution in [0.2, 0.25) is 0 Å². The molecule has 1 aliphatic carbocycles. The molecule has 1 aliphatic rings. The highest BCUT2D eigenvalue weighted by Crippen LogP contribution is 2.32. The van der Waals surface area contributed by atoms with Gasteiger partial charge in [0.25, 0.3) is 0 Å². The fourth-order valence-corrected chi connectivity index (χ4v) is 1.99. The van der Waals surface area contributed by atoms with Crippen LogP contribution in [0.25, 0.3) is 0 Å². The van der Waals surface area contributed by atoms with E-state index in [1.807, 2.05) is 20.8 Å². The predicted octanol–water partition coefficient (Wildman–Crippen LogP) is 3.12. The Kier molecular flexibility index (Phi) is 3.47. The maximum Gasteiger partial charge on any atom is 0.225 e. The Balaban J connectivity index is 2.54. The summed E-state index contributed by atoms with van der Waals surface area (Å²) in [5, 5.41) is 3.22. The number of hydrogen-bond acceptors (Lipinski definition) is 1. The molecule has 0 aliphatic heterocycles. The van der Waals surface area contributed by atoms with Gasteiger partial charge in [0.05, 0.1) is 0 Å². The average molecular weight is 211 g/mol. The Morgan fingerprint density at radius 1 is 1.27 bits per heavy atom. The summed E-state index contributed by atoms with van der Waals surface area (Å²) in [4.78, 5) is 11.9. The summed E-state index contributed by atoms with van der Waals surface area (Å²) >= 11 is 0. The van der Waals surface area contributed by atoms with Gasteiger partial charge in [0.1, 0.15) is 0 Å². The Morgan fingerprint density at radius 2 is 1.73 bits per heavy atom. The van der Waals surface area contributed by atoms with Crippen molar-refractivity contribution in [1.29, 1.82) is 0 Å². The van der Waals surface area contributed by atoms with Gasteiger partial charge in [-0.2, -0.15) is 0 Å². The maximum atomic E-state index is 11.9. The van der Waals surface area contributed by atoms with Gasteiger partial charge >= 0.3 is 0 Å². The van der Waals surface area contributed by atoms with Crippen molar-refractivity contribution in [3.05, 3.63) is 0 Å². The van der Waals surface area contributed by atoms with E-state index >= 15 is 0 Å². The Hall–Kier alpha value is -0.530. The zero-order valence-corrected chi connectivity index (χ0v) is 10.8. The van der Waals surface area contributed by atoms with Crippen molar-refractivity contribution >= 4 is 5.91 Å². The van der Waals surface area contributed by atoms with Crippen LogP contribution in [0, 0.1) is 11.3 Å². The molecule has 0 bridgehead atoms. The molecule has 15 heavy (non-hydrogen) atoms. The maximum absolute atomic E-state index is 11.9. The zero-order chi connectivity index (χ0) is 11.7. The molecule has 0 saturated heterocycles. The number of rotatable bonds is 1. The molecule has 1 amide bonds. The third-order valence-corrected chi connectivity index (χ3v) is 3.47. The summed E-state index contributed by atoms with van der Waals surface area (Å²) < 4.78 is 0. The largest absolute Gasteiger partial charge is 0.350 e.